The standard InChI is InChI=1S/C13H16Cl2N2O2S2/c14-8-13(9-15,10-1-4-21(18,19)7-10)5-11-6-17-2-3-20-12(17)16-11/h2-3,6,10H,1,4-5,7-9H2. The molecule has 116 valence electrons. The van der Waals surface area contributed by atoms with Crippen molar-refractivity contribution >= 4 is 49.3 Å². The smallest absolute Gasteiger partial charge is 0.193 e. The van der Waals surface area contributed by atoms with Crippen LogP contribution in [-0.2, 0) is 16.3 Å². The van der Waals surface area contributed by atoms with Gasteiger partial charge in [0.25, 0.3) is 0 Å². The third-order valence-electron chi connectivity index (χ3n) is 4.31. The Morgan fingerprint density at radius 2 is 2.19 bits per heavy atom. The highest BCUT2D eigenvalue weighted by Gasteiger charge is 2.44. The molecule has 0 radical (unpaired) electrons. The zero-order chi connectivity index (χ0) is 15.1. The number of halogens is 2. The van der Waals surface area contributed by atoms with Crippen LogP contribution in [-0.4, -0.2) is 41.1 Å². The molecule has 0 saturated carbocycles. The summed E-state index contributed by atoms with van der Waals surface area (Å²) in [7, 11) is -2.95. The third-order valence-corrected chi connectivity index (χ3v) is 7.91. The molecule has 2 aromatic heterocycles. The van der Waals surface area contributed by atoms with Crippen LogP contribution in [0.2, 0.25) is 0 Å². The minimum atomic E-state index is -2.95. The van der Waals surface area contributed by atoms with E-state index in [1.54, 1.807) is 11.3 Å². The fourth-order valence-corrected chi connectivity index (χ4v) is 6.57. The molecule has 0 spiro atoms. The minimum absolute atomic E-state index is 0.0113. The number of aromatic nitrogens is 2. The van der Waals surface area contributed by atoms with Crippen LogP contribution in [0.1, 0.15) is 12.1 Å². The number of alkyl halides is 2. The van der Waals surface area contributed by atoms with Gasteiger partial charge in [0.1, 0.15) is 0 Å². The monoisotopic (exact) mass is 366 g/mol. The molecule has 1 aliphatic heterocycles. The number of thiazole rings is 1. The van der Waals surface area contributed by atoms with Crippen LogP contribution in [0.3, 0.4) is 0 Å². The summed E-state index contributed by atoms with van der Waals surface area (Å²) in [6.07, 6.45) is 5.20. The molecule has 4 nitrogen and oxygen atoms in total. The van der Waals surface area contributed by atoms with E-state index in [-0.39, 0.29) is 17.4 Å². The Balaban J connectivity index is 1.88. The molecule has 3 rings (SSSR count). The van der Waals surface area contributed by atoms with Crippen LogP contribution < -0.4 is 0 Å². The lowest BCUT2D eigenvalue weighted by molar-refractivity contribution is 0.243. The zero-order valence-electron chi connectivity index (χ0n) is 11.3. The Hall–Kier alpha value is -0.300. The lowest BCUT2D eigenvalue weighted by Crippen LogP contribution is -2.37. The number of fused-ring (bicyclic) bond motifs is 1. The van der Waals surface area contributed by atoms with Crippen LogP contribution in [0.25, 0.3) is 4.96 Å². The van der Waals surface area contributed by atoms with E-state index in [0.29, 0.717) is 24.6 Å². The first-order valence-corrected chi connectivity index (χ1v) is 10.5. The summed E-state index contributed by atoms with van der Waals surface area (Å²) in [5, 5.41) is 1.98. The highest BCUT2D eigenvalue weighted by molar-refractivity contribution is 7.91. The first kappa shape index (κ1) is 15.6. The molecule has 0 amide bonds. The molecule has 3 heterocycles. The Kier molecular flexibility index (Phi) is 4.25. The highest BCUT2D eigenvalue weighted by Crippen LogP contribution is 2.41. The summed E-state index contributed by atoms with van der Waals surface area (Å²) in [6.45, 7) is 0. The molecule has 1 fully saturated rings. The van der Waals surface area contributed by atoms with Crippen molar-refractivity contribution in [2.45, 2.75) is 12.8 Å². The number of sulfone groups is 1. The van der Waals surface area contributed by atoms with Crippen molar-refractivity contribution in [3.63, 3.8) is 0 Å². The number of rotatable bonds is 5. The molecular weight excluding hydrogens is 351 g/mol. The quantitative estimate of drug-likeness (QED) is 0.764. The molecule has 21 heavy (non-hydrogen) atoms. The predicted molar refractivity (Wildman–Crippen MR) is 87.4 cm³/mol. The summed E-state index contributed by atoms with van der Waals surface area (Å²) in [5.74, 6) is 1.14. The molecule has 1 saturated heterocycles. The molecule has 2 aromatic rings. The van der Waals surface area contributed by atoms with Gasteiger partial charge < -0.3 is 0 Å². The van der Waals surface area contributed by atoms with E-state index in [0.717, 1.165) is 10.7 Å². The van der Waals surface area contributed by atoms with E-state index in [2.05, 4.69) is 4.98 Å². The van der Waals surface area contributed by atoms with E-state index in [1.807, 2.05) is 22.2 Å². The Bertz CT molecular complexity index is 706. The summed E-state index contributed by atoms with van der Waals surface area (Å²) < 4.78 is 25.5. The molecule has 0 N–H and O–H groups in total. The van der Waals surface area contributed by atoms with Crippen LogP contribution in [0, 0.1) is 11.3 Å². The van der Waals surface area contributed by atoms with Gasteiger partial charge in [0.05, 0.1) is 17.2 Å². The Morgan fingerprint density at radius 3 is 2.76 bits per heavy atom. The topological polar surface area (TPSA) is 51.4 Å². The normalized spacial score (nSPS) is 22.1. The SMILES string of the molecule is O=S1(=O)CCC(C(CCl)(CCl)Cc2cn3ccsc3n2)C1. The first-order chi connectivity index (χ1) is 9.98. The van der Waals surface area contributed by atoms with Crippen LogP contribution >= 0.6 is 34.5 Å². The summed E-state index contributed by atoms with van der Waals surface area (Å²) >= 11 is 14.0. The van der Waals surface area contributed by atoms with Gasteiger partial charge in [0.15, 0.2) is 14.8 Å². The van der Waals surface area contributed by atoms with E-state index >= 15 is 0 Å². The molecule has 0 bridgehead atoms. The second kappa shape index (κ2) is 5.72. The maximum Gasteiger partial charge on any atom is 0.193 e. The van der Waals surface area contributed by atoms with Gasteiger partial charge in [-0.15, -0.1) is 34.5 Å². The third kappa shape index (κ3) is 2.96. The number of nitrogens with zero attached hydrogens (tertiary/aromatic N) is 2. The second-order valence-corrected chi connectivity index (χ2v) is 9.37. The average molecular weight is 367 g/mol. The fraction of sp³-hybridized carbons (Fsp3) is 0.615. The van der Waals surface area contributed by atoms with E-state index < -0.39 is 15.3 Å². The van der Waals surface area contributed by atoms with Gasteiger partial charge in [-0.3, -0.25) is 4.40 Å². The number of hydrogen-bond donors (Lipinski definition) is 0. The molecule has 0 aromatic carbocycles. The first-order valence-electron chi connectivity index (χ1n) is 6.71. The average Bonchev–Trinajstić information content (AvgIpc) is 3.10. The van der Waals surface area contributed by atoms with Gasteiger partial charge in [0.2, 0.25) is 0 Å². The van der Waals surface area contributed by atoms with Crippen molar-refractivity contribution in [2.24, 2.45) is 11.3 Å². The van der Waals surface area contributed by atoms with Crippen LogP contribution in [0.5, 0.6) is 0 Å². The van der Waals surface area contributed by atoms with Crippen molar-refractivity contribution in [2.75, 3.05) is 23.3 Å². The van der Waals surface area contributed by atoms with E-state index in [1.165, 1.54) is 0 Å². The van der Waals surface area contributed by atoms with Gasteiger partial charge in [-0.25, -0.2) is 13.4 Å². The van der Waals surface area contributed by atoms with E-state index in [4.69, 9.17) is 23.2 Å². The highest BCUT2D eigenvalue weighted by atomic mass is 35.5. The van der Waals surface area contributed by atoms with Crippen molar-refractivity contribution in [3.8, 4) is 0 Å². The molecule has 0 aliphatic carbocycles. The predicted octanol–water partition coefficient (Wildman–Crippen LogP) is 2.84. The molecule has 1 aliphatic rings. The second-order valence-electron chi connectivity index (χ2n) is 5.73. The van der Waals surface area contributed by atoms with Crippen molar-refractivity contribution < 1.29 is 8.42 Å². The van der Waals surface area contributed by atoms with Gasteiger partial charge in [-0.2, -0.15) is 0 Å². The molecule has 1 unspecified atom stereocenters. The Morgan fingerprint density at radius 1 is 1.43 bits per heavy atom. The number of hydrogen-bond acceptors (Lipinski definition) is 4. The van der Waals surface area contributed by atoms with E-state index in [9.17, 15) is 8.42 Å². The van der Waals surface area contributed by atoms with Crippen LogP contribution in [0.15, 0.2) is 17.8 Å². The van der Waals surface area contributed by atoms with Crippen molar-refractivity contribution in [1.29, 1.82) is 0 Å². The maximum atomic E-state index is 11.8. The van der Waals surface area contributed by atoms with Crippen LogP contribution in [0.4, 0.5) is 0 Å². The van der Waals surface area contributed by atoms with Crippen molar-refractivity contribution in [1.82, 2.24) is 9.38 Å². The fourth-order valence-electron chi connectivity index (χ4n) is 2.99. The molecule has 8 heteroatoms. The largest absolute Gasteiger partial charge is 0.297 e. The van der Waals surface area contributed by atoms with Crippen molar-refractivity contribution in [3.05, 3.63) is 23.5 Å². The molecular formula is C13H16Cl2N2O2S2. The summed E-state index contributed by atoms with van der Waals surface area (Å²) in [5.41, 5.74) is 0.518. The number of imidazole rings is 1. The maximum absolute atomic E-state index is 11.8. The van der Waals surface area contributed by atoms with Gasteiger partial charge in [-0.1, -0.05) is 0 Å². The lowest BCUT2D eigenvalue weighted by atomic mass is 9.75. The molecule has 1 atom stereocenters. The van der Waals surface area contributed by atoms with Gasteiger partial charge in [0, 0.05) is 34.9 Å². The Labute approximate surface area is 138 Å². The zero-order valence-corrected chi connectivity index (χ0v) is 14.5. The lowest BCUT2D eigenvalue weighted by Gasteiger charge is -2.34. The summed E-state index contributed by atoms with van der Waals surface area (Å²) in [6, 6.07) is 0. The van der Waals surface area contributed by atoms with Gasteiger partial charge >= 0.3 is 0 Å². The summed E-state index contributed by atoms with van der Waals surface area (Å²) in [4.78, 5) is 5.51. The van der Waals surface area contributed by atoms with Gasteiger partial charge in [-0.05, 0) is 18.8 Å². The minimum Gasteiger partial charge on any atom is -0.297 e.